The van der Waals surface area contributed by atoms with Crippen LogP contribution in [0.4, 0.5) is 0 Å². The molecule has 2 heterocycles. The molecule has 10 aromatic rings. The summed E-state index contributed by atoms with van der Waals surface area (Å²) in [6, 6.07) is 71.2. The molecule has 1 unspecified atom stereocenters. The van der Waals surface area contributed by atoms with E-state index in [0.29, 0.717) is 0 Å². The van der Waals surface area contributed by atoms with Crippen LogP contribution in [0.3, 0.4) is 0 Å². The number of nitrogens with zero attached hydrogens (tertiary/aromatic N) is 2. The quantitative estimate of drug-likeness (QED) is 0.161. The van der Waals surface area contributed by atoms with Crippen molar-refractivity contribution >= 4 is 49.2 Å². The van der Waals surface area contributed by atoms with Crippen LogP contribution in [-0.4, -0.2) is 9.13 Å². The average molecular weight is 729 g/mol. The largest absolute Gasteiger partial charge is 0.307 e. The molecule has 0 amide bonds. The monoisotopic (exact) mass is 728 g/mol. The molecule has 57 heavy (non-hydrogen) atoms. The number of rotatable bonds is 6. The van der Waals surface area contributed by atoms with Gasteiger partial charge in [0.1, 0.15) is 0 Å². The molecule has 0 radical (unpaired) electrons. The molecular weight excluding hydrogens is 689 g/mol. The number of benzene rings is 8. The Kier molecular flexibility index (Phi) is 7.72. The van der Waals surface area contributed by atoms with Gasteiger partial charge in [-0.3, -0.25) is 0 Å². The predicted octanol–water partition coefficient (Wildman–Crippen LogP) is 14.5. The number of fused-ring (bicyclic) bond motifs is 7. The molecule has 1 aliphatic rings. The summed E-state index contributed by atoms with van der Waals surface area (Å²) < 4.78 is 5.02. The second-order valence-corrected chi connectivity index (χ2v) is 15.6. The van der Waals surface area contributed by atoms with Crippen LogP contribution in [0, 0.1) is 0 Å². The Hall–Kier alpha value is -7.16. The molecule has 0 spiro atoms. The van der Waals surface area contributed by atoms with Gasteiger partial charge in [-0.1, -0.05) is 177 Å². The van der Waals surface area contributed by atoms with Gasteiger partial charge in [0.15, 0.2) is 0 Å². The van der Waals surface area contributed by atoms with E-state index in [-0.39, 0.29) is 5.41 Å². The second kappa shape index (κ2) is 13.3. The first kappa shape index (κ1) is 33.2. The standard InChI is InChI=1S/C55H40N2/c1-55(32-16-23-42(37-55)39-19-7-3-8-20-39)44-34-43(41-22-15-21-40(33-41)38-17-5-2-6-18-38)35-46(36-44)57-52-29-14-12-27-48(52)50-31-30-49-47-26-11-13-28-51(47)56(53(49)54(50)57)45-24-9-4-10-25-45/h2-36H,37H2,1H3. The minimum absolute atomic E-state index is 0.241. The zero-order valence-electron chi connectivity index (χ0n) is 31.8. The van der Waals surface area contributed by atoms with Crippen molar-refractivity contribution in [3.05, 3.63) is 223 Å². The highest BCUT2D eigenvalue weighted by Crippen LogP contribution is 2.45. The van der Waals surface area contributed by atoms with Gasteiger partial charge in [-0.15, -0.1) is 0 Å². The molecule has 0 saturated heterocycles. The predicted molar refractivity (Wildman–Crippen MR) is 242 cm³/mol. The first-order valence-electron chi connectivity index (χ1n) is 19.9. The molecule has 11 rings (SSSR count). The van der Waals surface area contributed by atoms with Crippen molar-refractivity contribution in [2.24, 2.45) is 0 Å². The van der Waals surface area contributed by atoms with Gasteiger partial charge in [0, 0.05) is 38.3 Å². The van der Waals surface area contributed by atoms with Crippen molar-refractivity contribution in [3.8, 4) is 33.6 Å². The van der Waals surface area contributed by atoms with Crippen LogP contribution in [0.2, 0.25) is 0 Å². The minimum Gasteiger partial charge on any atom is -0.307 e. The highest BCUT2D eigenvalue weighted by atomic mass is 15.0. The van der Waals surface area contributed by atoms with Gasteiger partial charge in [0.05, 0.1) is 22.1 Å². The lowest BCUT2D eigenvalue weighted by Crippen LogP contribution is -2.22. The number of hydrogen-bond donors (Lipinski definition) is 0. The third kappa shape index (κ3) is 5.48. The van der Waals surface area contributed by atoms with E-state index >= 15 is 0 Å². The van der Waals surface area contributed by atoms with E-state index in [0.717, 1.165) is 17.8 Å². The van der Waals surface area contributed by atoms with Crippen LogP contribution in [-0.2, 0) is 5.41 Å². The van der Waals surface area contributed by atoms with Gasteiger partial charge < -0.3 is 9.13 Å². The van der Waals surface area contributed by atoms with E-state index in [1.54, 1.807) is 0 Å². The van der Waals surface area contributed by atoms with E-state index in [9.17, 15) is 0 Å². The summed E-state index contributed by atoms with van der Waals surface area (Å²) in [6.45, 7) is 2.40. The smallest absolute Gasteiger partial charge is 0.0788 e. The molecule has 2 nitrogen and oxygen atoms in total. The summed E-state index contributed by atoms with van der Waals surface area (Å²) in [5.74, 6) is 0. The van der Waals surface area contributed by atoms with E-state index in [1.165, 1.54) is 82.6 Å². The van der Waals surface area contributed by atoms with E-state index in [2.05, 4.69) is 228 Å². The van der Waals surface area contributed by atoms with Gasteiger partial charge in [-0.05, 0) is 87.8 Å². The molecule has 2 aromatic heterocycles. The van der Waals surface area contributed by atoms with Gasteiger partial charge in [0.25, 0.3) is 0 Å². The zero-order chi connectivity index (χ0) is 37.9. The van der Waals surface area contributed by atoms with Crippen LogP contribution in [0.25, 0.3) is 82.8 Å². The fourth-order valence-electron chi connectivity index (χ4n) is 9.30. The number of para-hydroxylation sites is 3. The lowest BCUT2D eigenvalue weighted by molar-refractivity contribution is 0.609. The van der Waals surface area contributed by atoms with Gasteiger partial charge >= 0.3 is 0 Å². The van der Waals surface area contributed by atoms with Crippen LogP contribution < -0.4 is 0 Å². The summed E-state index contributed by atoms with van der Waals surface area (Å²) in [5, 5.41) is 4.99. The Morgan fingerprint density at radius 3 is 1.58 bits per heavy atom. The lowest BCUT2D eigenvalue weighted by Gasteiger charge is -2.32. The highest BCUT2D eigenvalue weighted by molar-refractivity contribution is 6.23. The fourth-order valence-corrected chi connectivity index (χ4v) is 9.30. The Balaban J connectivity index is 1.22. The topological polar surface area (TPSA) is 9.86 Å². The van der Waals surface area contributed by atoms with Crippen LogP contribution in [0.15, 0.2) is 212 Å². The maximum absolute atomic E-state index is 2.54. The fraction of sp³-hybridized carbons (Fsp3) is 0.0545. The normalized spacial score (nSPS) is 15.5. The summed E-state index contributed by atoms with van der Waals surface area (Å²) in [6.07, 6.45) is 7.86. The molecule has 0 bridgehead atoms. The minimum atomic E-state index is -0.241. The van der Waals surface area contributed by atoms with Crippen molar-refractivity contribution < 1.29 is 0 Å². The Morgan fingerprint density at radius 1 is 0.404 bits per heavy atom. The molecule has 8 aromatic carbocycles. The van der Waals surface area contributed by atoms with Crippen molar-refractivity contribution in [1.82, 2.24) is 9.13 Å². The molecule has 0 fully saturated rings. The van der Waals surface area contributed by atoms with Crippen molar-refractivity contribution in [2.75, 3.05) is 0 Å². The van der Waals surface area contributed by atoms with Crippen LogP contribution in [0.1, 0.15) is 24.5 Å². The molecular formula is C55H40N2. The van der Waals surface area contributed by atoms with Crippen LogP contribution in [0.5, 0.6) is 0 Å². The van der Waals surface area contributed by atoms with Crippen LogP contribution >= 0.6 is 0 Å². The SMILES string of the molecule is CC1(c2cc(-c3cccc(-c4ccccc4)c3)cc(-n3c4ccccc4c4ccc5c6ccccc6n(-c6ccccc6)c5c43)c2)C=CC=C(c2ccccc2)C1. The van der Waals surface area contributed by atoms with E-state index < -0.39 is 0 Å². The lowest BCUT2D eigenvalue weighted by atomic mass is 9.72. The Bertz CT molecular complexity index is 3200. The van der Waals surface area contributed by atoms with E-state index in [4.69, 9.17) is 0 Å². The molecule has 0 aliphatic heterocycles. The summed E-state index contributed by atoms with van der Waals surface area (Å²) in [7, 11) is 0. The first-order chi connectivity index (χ1) is 28.1. The third-order valence-corrected chi connectivity index (χ3v) is 12.1. The molecule has 0 saturated carbocycles. The van der Waals surface area contributed by atoms with Crippen molar-refractivity contribution in [2.45, 2.75) is 18.8 Å². The van der Waals surface area contributed by atoms with E-state index in [1.807, 2.05) is 0 Å². The number of hydrogen-bond acceptors (Lipinski definition) is 0. The molecule has 2 heteroatoms. The van der Waals surface area contributed by atoms with Crippen molar-refractivity contribution in [3.63, 3.8) is 0 Å². The molecule has 270 valence electrons. The number of aromatic nitrogens is 2. The Morgan fingerprint density at radius 2 is 0.930 bits per heavy atom. The second-order valence-electron chi connectivity index (χ2n) is 15.6. The average Bonchev–Trinajstić information content (AvgIpc) is 3.80. The van der Waals surface area contributed by atoms with Gasteiger partial charge in [-0.25, -0.2) is 0 Å². The molecule has 1 atom stereocenters. The zero-order valence-corrected chi connectivity index (χ0v) is 31.8. The molecule has 0 N–H and O–H groups in total. The molecule has 1 aliphatic carbocycles. The van der Waals surface area contributed by atoms with Gasteiger partial charge in [-0.2, -0.15) is 0 Å². The Labute approximate surface area is 332 Å². The number of allylic oxidation sites excluding steroid dienone is 4. The summed E-state index contributed by atoms with van der Waals surface area (Å²) in [5.41, 5.74) is 15.6. The summed E-state index contributed by atoms with van der Waals surface area (Å²) >= 11 is 0. The third-order valence-electron chi connectivity index (χ3n) is 12.1. The maximum atomic E-state index is 2.54. The maximum Gasteiger partial charge on any atom is 0.0788 e. The highest BCUT2D eigenvalue weighted by Gasteiger charge is 2.30. The van der Waals surface area contributed by atoms with Gasteiger partial charge in [0.2, 0.25) is 0 Å². The first-order valence-corrected chi connectivity index (χ1v) is 19.9. The summed E-state index contributed by atoms with van der Waals surface area (Å²) in [4.78, 5) is 0. The van der Waals surface area contributed by atoms with Crippen molar-refractivity contribution in [1.29, 1.82) is 0 Å².